The van der Waals surface area contributed by atoms with E-state index >= 15 is 0 Å². The summed E-state index contributed by atoms with van der Waals surface area (Å²) in [4.78, 5) is 27.1. The second-order valence-corrected chi connectivity index (χ2v) is 6.41. The third-order valence-corrected chi connectivity index (χ3v) is 4.40. The van der Waals surface area contributed by atoms with E-state index in [1.165, 1.54) is 26.4 Å². The molecule has 1 aliphatic heterocycles. The fraction of sp³-hybridized carbons (Fsp3) is 0.238. The van der Waals surface area contributed by atoms with Crippen LogP contribution in [0.1, 0.15) is 5.56 Å². The molecule has 1 heterocycles. The molecule has 0 atom stereocenters. The van der Waals surface area contributed by atoms with Gasteiger partial charge >= 0.3 is 6.36 Å². The van der Waals surface area contributed by atoms with E-state index in [1.807, 2.05) is 0 Å². The minimum absolute atomic E-state index is 0.00915. The molecule has 0 saturated heterocycles. The van der Waals surface area contributed by atoms with Gasteiger partial charge in [0.1, 0.15) is 17.2 Å². The van der Waals surface area contributed by atoms with Gasteiger partial charge in [-0.3, -0.25) is 14.5 Å². The summed E-state index contributed by atoms with van der Waals surface area (Å²) in [6.45, 7) is 0.133. The maximum absolute atomic E-state index is 13.1. The molecule has 0 aliphatic carbocycles. The van der Waals surface area contributed by atoms with Crippen molar-refractivity contribution in [1.29, 1.82) is 0 Å². The summed E-state index contributed by atoms with van der Waals surface area (Å²) in [5.41, 5.74) is 0.461. The maximum Gasteiger partial charge on any atom is 0.573 e. The van der Waals surface area contributed by atoms with Crippen molar-refractivity contribution in [2.75, 3.05) is 32.7 Å². The van der Waals surface area contributed by atoms with Crippen molar-refractivity contribution in [1.82, 2.24) is 4.90 Å². The first kappa shape index (κ1) is 22.2. The number of hydrogen-bond donors (Lipinski definition) is 1. The van der Waals surface area contributed by atoms with Crippen molar-refractivity contribution in [3.63, 3.8) is 0 Å². The Bertz CT molecular complexity index is 1020. The molecule has 0 unspecified atom stereocenters. The Morgan fingerprint density at radius 3 is 2.42 bits per heavy atom. The number of alkyl halides is 3. The molecule has 0 saturated carbocycles. The molecule has 164 valence electrons. The number of halogens is 3. The van der Waals surface area contributed by atoms with E-state index < -0.39 is 23.9 Å². The third-order valence-electron chi connectivity index (χ3n) is 4.40. The van der Waals surface area contributed by atoms with Crippen molar-refractivity contribution in [2.24, 2.45) is 0 Å². The Kier molecular flexibility index (Phi) is 6.50. The average Bonchev–Trinajstić information content (AvgIpc) is 2.94. The van der Waals surface area contributed by atoms with Gasteiger partial charge < -0.3 is 19.5 Å². The molecule has 2 amide bonds. The summed E-state index contributed by atoms with van der Waals surface area (Å²) in [5, 5.41) is 2.78. The van der Waals surface area contributed by atoms with Crippen molar-refractivity contribution in [3.8, 4) is 11.5 Å². The number of ether oxygens (including phenoxy) is 3. The fourth-order valence-electron chi connectivity index (χ4n) is 3.09. The molecule has 31 heavy (non-hydrogen) atoms. The van der Waals surface area contributed by atoms with Crippen LogP contribution in [0.25, 0.3) is 5.57 Å². The van der Waals surface area contributed by atoms with Crippen LogP contribution in [0.2, 0.25) is 0 Å². The highest BCUT2D eigenvalue weighted by Crippen LogP contribution is 2.35. The number of nitrogens with one attached hydrogen (secondary N) is 1. The Morgan fingerprint density at radius 1 is 1.00 bits per heavy atom. The van der Waals surface area contributed by atoms with Gasteiger partial charge in [-0.25, -0.2) is 0 Å². The lowest BCUT2D eigenvalue weighted by atomic mass is 10.0. The van der Waals surface area contributed by atoms with E-state index in [-0.39, 0.29) is 30.1 Å². The van der Waals surface area contributed by atoms with Gasteiger partial charge in [0.05, 0.1) is 25.8 Å². The summed E-state index contributed by atoms with van der Waals surface area (Å²) in [6, 6.07) is 11.6. The van der Waals surface area contributed by atoms with E-state index in [1.54, 1.807) is 24.3 Å². The zero-order valence-electron chi connectivity index (χ0n) is 16.7. The van der Waals surface area contributed by atoms with E-state index in [2.05, 4.69) is 10.1 Å². The molecule has 10 heteroatoms. The predicted octanol–water partition coefficient (Wildman–Crippen LogP) is 3.43. The van der Waals surface area contributed by atoms with Gasteiger partial charge in [0.15, 0.2) is 0 Å². The minimum Gasteiger partial charge on any atom is -0.496 e. The van der Waals surface area contributed by atoms with Gasteiger partial charge in [-0.1, -0.05) is 24.3 Å². The van der Waals surface area contributed by atoms with Crippen molar-refractivity contribution in [3.05, 3.63) is 59.8 Å². The first-order valence-corrected chi connectivity index (χ1v) is 9.10. The standard InChI is InChI=1S/C21H19F3N2O5/c1-29-11-10-26-19(27)17(15-8-3-4-9-16(15)30-2)18(20(26)28)25-13-6-5-7-14(12-13)31-21(22,23)24/h3-9,12,25H,10-11H2,1-2H3. The van der Waals surface area contributed by atoms with Crippen LogP contribution >= 0.6 is 0 Å². The lowest BCUT2D eigenvalue weighted by Crippen LogP contribution is -2.35. The van der Waals surface area contributed by atoms with E-state index in [0.717, 1.165) is 17.0 Å². The van der Waals surface area contributed by atoms with E-state index in [0.29, 0.717) is 11.3 Å². The smallest absolute Gasteiger partial charge is 0.496 e. The molecule has 0 fully saturated rings. The highest BCUT2D eigenvalue weighted by atomic mass is 19.4. The number of rotatable bonds is 8. The van der Waals surface area contributed by atoms with Crippen LogP contribution in [0.4, 0.5) is 18.9 Å². The molecule has 0 bridgehead atoms. The third kappa shape index (κ3) is 4.97. The lowest BCUT2D eigenvalue weighted by Gasteiger charge is -2.15. The Hall–Kier alpha value is -3.53. The zero-order chi connectivity index (χ0) is 22.6. The van der Waals surface area contributed by atoms with Gasteiger partial charge in [-0.05, 0) is 18.2 Å². The zero-order valence-corrected chi connectivity index (χ0v) is 16.7. The van der Waals surface area contributed by atoms with Crippen LogP contribution in [-0.2, 0) is 14.3 Å². The van der Waals surface area contributed by atoms with Crippen LogP contribution in [0, 0.1) is 0 Å². The van der Waals surface area contributed by atoms with Crippen LogP contribution in [-0.4, -0.2) is 50.4 Å². The van der Waals surface area contributed by atoms with Gasteiger partial charge in [-0.15, -0.1) is 13.2 Å². The number of hydrogen-bond acceptors (Lipinski definition) is 6. The van der Waals surface area contributed by atoms with Crippen LogP contribution < -0.4 is 14.8 Å². The molecular weight excluding hydrogens is 417 g/mol. The molecule has 2 aromatic carbocycles. The summed E-state index contributed by atoms with van der Waals surface area (Å²) in [7, 11) is 2.86. The van der Waals surface area contributed by atoms with Crippen LogP contribution in [0.5, 0.6) is 11.5 Å². The number of nitrogens with zero attached hydrogens (tertiary/aromatic N) is 1. The first-order valence-electron chi connectivity index (χ1n) is 9.10. The van der Waals surface area contributed by atoms with E-state index in [4.69, 9.17) is 9.47 Å². The summed E-state index contributed by atoms with van der Waals surface area (Å²) < 4.78 is 51.8. The lowest BCUT2D eigenvalue weighted by molar-refractivity contribution is -0.274. The molecule has 0 radical (unpaired) electrons. The molecule has 0 spiro atoms. The number of carbonyl (C=O) groups excluding carboxylic acids is 2. The van der Waals surface area contributed by atoms with Crippen molar-refractivity contribution < 1.29 is 37.0 Å². The second-order valence-electron chi connectivity index (χ2n) is 6.41. The number of para-hydroxylation sites is 1. The summed E-state index contributed by atoms with van der Waals surface area (Å²) >= 11 is 0. The minimum atomic E-state index is -4.86. The Morgan fingerprint density at radius 2 is 1.74 bits per heavy atom. The van der Waals surface area contributed by atoms with Crippen LogP contribution in [0.15, 0.2) is 54.2 Å². The molecule has 1 N–H and O–H groups in total. The van der Waals surface area contributed by atoms with Gasteiger partial charge in [0.25, 0.3) is 11.8 Å². The number of benzene rings is 2. The Balaban J connectivity index is 2.04. The topological polar surface area (TPSA) is 77.1 Å². The Labute approximate surface area is 176 Å². The van der Waals surface area contributed by atoms with Crippen molar-refractivity contribution in [2.45, 2.75) is 6.36 Å². The quantitative estimate of drug-likeness (QED) is 0.639. The molecule has 7 nitrogen and oxygen atoms in total. The summed E-state index contributed by atoms with van der Waals surface area (Å²) in [6.07, 6.45) is -4.86. The molecule has 3 rings (SSSR count). The molecule has 0 aromatic heterocycles. The number of anilines is 1. The van der Waals surface area contributed by atoms with Crippen molar-refractivity contribution >= 4 is 23.1 Å². The van der Waals surface area contributed by atoms with E-state index in [9.17, 15) is 22.8 Å². The maximum atomic E-state index is 13.1. The predicted molar refractivity (Wildman–Crippen MR) is 105 cm³/mol. The highest BCUT2D eigenvalue weighted by Gasteiger charge is 2.40. The number of methoxy groups -OCH3 is 2. The number of carbonyl (C=O) groups is 2. The average molecular weight is 436 g/mol. The van der Waals surface area contributed by atoms with Gasteiger partial charge in [0, 0.05) is 24.4 Å². The van der Waals surface area contributed by atoms with Gasteiger partial charge in [-0.2, -0.15) is 0 Å². The van der Waals surface area contributed by atoms with Crippen LogP contribution in [0.3, 0.4) is 0 Å². The SMILES string of the molecule is COCCN1C(=O)C(Nc2cccc(OC(F)(F)F)c2)=C(c2ccccc2OC)C1=O. The highest BCUT2D eigenvalue weighted by molar-refractivity contribution is 6.37. The normalized spacial score (nSPS) is 14.3. The number of amides is 2. The molecule has 1 aliphatic rings. The summed E-state index contributed by atoms with van der Waals surface area (Å²) in [5.74, 6) is -1.31. The molecular formula is C21H19F3N2O5. The van der Waals surface area contributed by atoms with Gasteiger partial charge in [0.2, 0.25) is 0 Å². The molecule has 2 aromatic rings. The largest absolute Gasteiger partial charge is 0.573 e. The first-order chi connectivity index (χ1) is 14.7. The fourth-order valence-corrected chi connectivity index (χ4v) is 3.09. The monoisotopic (exact) mass is 436 g/mol. The second kappa shape index (κ2) is 9.09. The number of imide groups is 1.